The van der Waals surface area contributed by atoms with E-state index >= 15 is 0 Å². The van der Waals surface area contributed by atoms with E-state index in [1.807, 2.05) is 12.1 Å². The number of carbonyl (C=O) groups excluding carboxylic acids is 2. The fourth-order valence-corrected chi connectivity index (χ4v) is 2.85. The molecule has 0 bridgehead atoms. The smallest absolute Gasteiger partial charge is 0.282 e. The molecule has 0 spiro atoms. The Labute approximate surface area is 137 Å². The van der Waals surface area contributed by atoms with Crippen molar-refractivity contribution >= 4 is 28.8 Å². The van der Waals surface area contributed by atoms with Crippen LogP contribution in [-0.4, -0.2) is 28.1 Å². The van der Waals surface area contributed by atoms with Crippen molar-refractivity contribution in [2.45, 2.75) is 0 Å². The number of amides is 2. The highest BCUT2D eigenvalue weighted by atomic mass is 16.3. The second-order valence-corrected chi connectivity index (χ2v) is 5.47. The Morgan fingerprint density at radius 2 is 1.50 bits per heavy atom. The average Bonchev–Trinajstić information content (AvgIpc) is 2.59. The molecule has 0 fully saturated rings. The van der Waals surface area contributed by atoms with Crippen LogP contribution in [0.3, 0.4) is 0 Å². The molecule has 116 valence electrons. The lowest BCUT2D eigenvalue weighted by molar-refractivity contribution is 0.0616. The molecule has 1 aliphatic heterocycles. The zero-order valence-corrected chi connectivity index (χ0v) is 12.5. The summed E-state index contributed by atoms with van der Waals surface area (Å²) in [7, 11) is 0. The van der Waals surface area contributed by atoms with Crippen molar-refractivity contribution in [3.05, 3.63) is 77.4 Å². The Morgan fingerprint density at radius 3 is 2.12 bits per heavy atom. The number of nitrogens with zero attached hydrogens (tertiary/aromatic N) is 2. The van der Waals surface area contributed by atoms with Crippen LogP contribution in [0.25, 0.3) is 10.8 Å². The average molecular weight is 316 g/mol. The highest BCUT2D eigenvalue weighted by Crippen LogP contribution is 2.30. The molecule has 5 nitrogen and oxygen atoms in total. The quantitative estimate of drug-likeness (QED) is 0.583. The van der Waals surface area contributed by atoms with Gasteiger partial charge in [0.05, 0.1) is 17.3 Å². The van der Waals surface area contributed by atoms with Gasteiger partial charge in [0.25, 0.3) is 11.8 Å². The van der Waals surface area contributed by atoms with Gasteiger partial charge >= 0.3 is 0 Å². The number of carbonyl (C=O) groups is 2. The fourth-order valence-electron chi connectivity index (χ4n) is 2.85. The third kappa shape index (κ3) is 2.14. The first kappa shape index (κ1) is 14.1. The van der Waals surface area contributed by atoms with Gasteiger partial charge in [-0.25, -0.2) is 0 Å². The minimum atomic E-state index is -0.458. The summed E-state index contributed by atoms with van der Waals surface area (Å²) < 4.78 is 0. The van der Waals surface area contributed by atoms with Crippen LogP contribution in [-0.2, 0) is 0 Å². The van der Waals surface area contributed by atoms with Gasteiger partial charge in [0, 0.05) is 5.39 Å². The number of phenols is 1. The van der Waals surface area contributed by atoms with Gasteiger partial charge in [-0.2, -0.15) is 10.1 Å². The number of hydrazone groups is 1. The molecule has 3 aromatic rings. The van der Waals surface area contributed by atoms with E-state index in [9.17, 15) is 14.7 Å². The molecule has 24 heavy (non-hydrogen) atoms. The number of imide groups is 1. The third-order valence-electron chi connectivity index (χ3n) is 3.94. The van der Waals surface area contributed by atoms with Crippen LogP contribution in [0.15, 0.2) is 65.8 Å². The highest BCUT2D eigenvalue weighted by Gasteiger charge is 2.32. The molecule has 4 rings (SSSR count). The van der Waals surface area contributed by atoms with Gasteiger partial charge in [-0.3, -0.25) is 9.59 Å². The monoisotopic (exact) mass is 316 g/mol. The van der Waals surface area contributed by atoms with Crippen molar-refractivity contribution in [1.29, 1.82) is 0 Å². The van der Waals surface area contributed by atoms with Crippen LogP contribution in [0.4, 0.5) is 0 Å². The number of rotatable bonds is 2. The molecular weight excluding hydrogens is 304 g/mol. The fraction of sp³-hybridized carbons (Fsp3) is 0. The molecule has 5 heteroatoms. The summed E-state index contributed by atoms with van der Waals surface area (Å²) >= 11 is 0. The van der Waals surface area contributed by atoms with Crippen LogP contribution in [0.1, 0.15) is 26.3 Å². The topological polar surface area (TPSA) is 70.0 Å². The Morgan fingerprint density at radius 1 is 0.875 bits per heavy atom. The summed E-state index contributed by atoms with van der Waals surface area (Å²) in [6, 6.07) is 17.1. The van der Waals surface area contributed by atoms with Gasteiger partial charge in [0.1, 0.15) is 5.75 Å². The normalized spacial score (nSPS) is 13.9. The maximum absolute atomic E-state index is 12.6. The van der Waals surface area contributed by atoms with Gasteiger partial charge in [0.2, 0.25) is 0 Å². The van der Waals surface area contributed by atoms with E-state index in [0.717, 1.165) is 10.4 Å². The molecule has 1 N–H and O–H groups in total. The molecule has 0 atom stereocenters. The first-order valence-electron chi connectivity index (χ1n) is 7.39. The first-order valence-corrected chi connectivity index (χ1v) is 7.39. The van der Waals surface area contributed by atoms with E-state index < -0.39 is 11.8 Å². The number of aromatic hydroxyl groups is 1. The maximum atomic E-state index is 12.6. The zero-order chi connectivity index (χ0) is 16.7. The third-order valence-corrected chi connectivity index (χ3v) is 3.94. The van der Waals surface area contributed by atoms with E-state index in [1.165, 1.54) is 18.3 Å². The van der Waals surface area contributed by atoms with Gasteiger partial charge in [-0.15, -0.1) is 0 Å². The molecule has 3 aromatic carbocycles. The van der Waals surface area contributed by atoms with Crippen LogP contribution < -0.4 is 0 Å². The lowest BCUT2D eigenvalue weighted by atomic mass is 9.95. The first-order chi connectivity index (χ1) is 11.6. The Hall–Kier alpha value is -3.47. The van der Waals surface area contributed by atoms with Crippen molar-refractivity contribution in [3.63, 3.8) is 0 Å². The molecule has 1 aliphatic rings. The molecule has 0 aliphatic carbocycles. The summed E-state index contributed by atoms with van der Waals surface area (Å²) in [6.45, 7) is 0. The van der Waals surface area contributed by atoms with Gasteiger partial charge in [-0.1, -0.05) is 36.4 Å². The van der Waals surface area contributed by atoms with Crippen molar-refractivity contribution in [3.8, 4) is 5.75 Å². The molecule has 0 saturated heterocycles. The van der Waals surface area contributed by atoms with Crippen LogP contribution in [0, 0.1) is 0 Å². The van der Waals surface area contributed by atoms with Crippen molar-refractivity contribution in [2.24, 2.45) is 5.10 Å². The lowest BCUT2D eigenvalue weighted by Crippen LogP contribution is -2.36. The summed E-state index contributed by atoms with van der Waals surface area (Å²) in [6.07, 6.45) is 1.38. The second-order valence-electron chi connectivity index (χ2n) is 5.47. The summed E-state index contributed by atoms with van der Waals surface area (Å²) in [5, 5.41) is 15.9. The van der Waals surface area contributed by atoms with Gasteiger partial charge < -0.3 is 5.11 Å². The largest absolute Gasteiger partial charge is 0.508 e. The van der Waals surface area contributed by atoms with E-state index in [4.69, 9.17) is 0 Å². The predicted molar refractivity (Wildman–Crippen MR) is 90.1 cm³/mol. The van der Waals surface area contributed by atoms with E-state index in [0.29, 0.717) is 22.1 Å². The number of hydrogen-bond acceptors (Lipinski definition) is 4. The second kappa shape index (κ2) is 5.31. The molecule has 0 aromatic heterocycles. The molecular formula is C19H12N2O3. The van der Waals surface area contributed by atoms with Crippen molar-refractivity contribution in [1.82, 2.24) is 5.01 Å². The molecule has 0 saturated carbocycles. The molecule has 1 heterocycles. The Balaban J connectivity index is 1.79. The number of benzene rings is 3. The van der Waals surface area contributed by atoms with Crippen molar-refractivity contribution in [2.75, 3.05) is 0 Å². The molecule has 2 amide bonds. The number of hydrogen-bond donors (Lipinski definition) is 1. The maximum Gasteiger partial charge on any atom is 0.282 e. The number of phenolic OH excluding ortho intramolecular Hbond substituents is 1. The predicted octanol–water partition coefficient (Wildman–Crippen LogP) is 3.18. The van der Waals surface area contributed by atoms with E-state index in [1.54, 1.807) is 36.4 Å². The van der Waals surface area contributed by atoms with E-state index in [2.05, 4.69) is 5.10 Å². The Bertz CT molecular complexity index is 973. The molecule has 0 radical (unpaired) electrons. The van der Waals surface area contributed by atoms with Crippen LogP contribution >= 0.6 is 0 Å². The zero-order valence-electron chi connectivity index (χ0n) is 12.5. The summed E-state index contributed by atoms with van der Waals surface area (Å²) in [5.74, 6) is -0.827. The lowest BCUT2D eigenvalue weighted by Gasteiger charge is -2.22. The highest BCUT2D eigenvalue weighted by molar-refractivity contribution is 6.25. The minimum Gasteiger partial charge on any atom is -0.508 e. The van der Waals surface area contributed by atoms with Crippen LogP contribution in [0.2, 0.25) is 0 Å². The standard InChI is InChI=1S/C19H12N2O3/c22-14-7-1-4-12(10-14)11-20-21-18(23)15-8-2-5-13-6-3-9-16(17(13)15)19(21)24/h1-11,22H. The van der Waals surface area contributed by atoms with Gasteiger partial charge in [-0.05, 0) is 35.2 Å². The Kier molecular flexibility index (Phi) is 3.13. The van der Waals surface area contributed by atoms with Crippen molar-refractivity contribution < 1.29 is 14.7 Å². The summed E-state index contributed by atoms with van der Waals surface area (Å²) in [5.41, 5.74) is 1.50. The van der Waals surface area contributed by atoms with E-state index in [-0.39, 0.29) is 5.75 Å². The summed E-state index contributed by atoms with van der Waals surface area (Å²) in [4.78, 5) is 25.3. The SMILES string of the molecule is O=C1c2cccc3cccc(c23)C(=O)N1N=Cc1cccc(O)c1. The van der Waals surface area contributed by atoms with Gasteiger partial charge in [0.15, 0.2) is 0 Å². The molecule has 0 unspecified atom stereocenters. The minimum absolute atomic E-state index is 0.0883. The van der Waals surface area contributed by atoms with Crippen LogP contribution in [0.5, 0.6) is 5.75 Å².